The van der Waals surface area contributed by atoms with Gasteiger partial charge in [-0.25, -0.2) is 9.37 Å². The Kier molecular flexibility index (Phi) is 6.93. The van der Waals surface area contributed by atoms with Crippen LogP contribution in [0.1, 0.15) is 37.8 Å². The average molecular weight is 555 g/mol. The van der Waals surface area contributed by atoms with Gasteiger partial charge in [0.25, 0.3) is 11.8 Å². The van der Waals surface area contributed by atoms with E-state index >= 15 is 0 Å². The van der Waals surface area contributed by atoms with Crippen LogP contribution in [0.5, 0.6) is 5.75 Å². The largest absolute Gasteiger partial charge is 0.573 e. The molecule has 0 unspecified atom stereocenters. The lowest BCUT2D eigenvalue weighted by Gasteiger charge is -2.12. The van der Waals surface area contributed by atoms with Gasteiger partial charge in [0.1, 0.15) is 17.3 Å². The zero-order valence-electron chi connectivity index (χ0n) is 19.6. The minimum atomic E-state index is -5.04. The Balaban J connectivity index is 1.73. The molecular weight excluding hydrogens is 539 g/mol. The van der Waals surface area contributed by atoms with Crippen molar-refractivity contribution in [3.8, 4) is 5.75 Å². The third kappa shape index (κ3) is 6.08. The molecule has 0 saturated heterocycles. The molecule has 8 nitrogen and oxygen atoms in total. The molecule has 0 aliphatic heterocycles. The van der Waals surface area contributed by atoms with Crippen LogP contribution >= 0.6 is 0 Å². The van der Waals surface area contributed by atoms with E-state index in [0.717, 1.165) is 41.1 Å². The fourth-order valence-electron chi connectivity index (χ4n) is 3.76. The molecule has 39 heavy (non-hydrogen) atoms. The minimum absolute atomic E-state index is 0.0268. The first-order valence-corrected chi connectivity index (χ1v) is 10.8. The highest BCUT2D eigenvalue weighted by atomic mass is 19.4. The number of anilines is 1. The highest BCUT2D eigenvalue weighted by molar-refractivity contribution is 6.14. The van der Waals surface area contributed by atoms with Crippen LogP contribution in [0.3, 0.4) is 0 Å². The molecule has 3 N–H and O–H groups in total. The summed E-state index contributed by atoms with van der Waals surface area (Å²) in [6, 6.07) is 8.59. The SMILES string of the molecule is Cc1c(NC(=O)c2cc(C(N)=O)nc3cc(F)ccc23)c(C(F)(F)F)nn1Cc1cccc(OC(F)(F)F)c1. The summed E-state index contributed by atoms with van der Waals surface area (Å²) in [6.45, 7) is 0.811. The number of primary amides is 1. The number of carbonyl (C=O) groups is 2. The molecule has 0 fully saturated rings. The molecule has 0 aliphatic rings. The summed E-state index contributed by atoms with van der Waals surface area (Å²) in [7, 11) is 0. The molecule has 4 rings (SSSR count). The van der Waals surface area contributed by atoms with E-state index < -0.39 is 59.5 Å². The van der Waals surface area contributed by atoms with Crippen molar-refractivity contribution in [1.29, 1.82) is 0 Å². The number of halogens is 7. The third-order valence-electron chi connectivity index (χ3n) is 5.45. The quantitative estimate of drug-likeness (QED) is 0.318. The summed E-state index contributed by atoms with van der Waals surface area (Å²) in [5.41, 5.74) is 2.08. The van der Waals surface area contributed by atoms with Crippen molar-refractivity contribution >= 4 is 28.4 Å². The van der Waals surface area contributed by atoms with Gasteiger partial charge in [0.05, 0.1) is 29.0 Å². The molecule has 0 bridgehead atoms. The molecule has 0 saturated carbocycles. The van der Waals surface area contributed by atoms with Crippen molar-refractivity contribution < 1.29 is 45.1 Å². The number of pyridine rings is 1. The monoisotopic (exact) mass is 555 g/mol. The van der Waals surface area contributed by atoms with Gasteiger partial charge in [-0.15, -0.1) is 13.2 Å². The number of nitrogens with one attached hydrogen (secondary N) is 1. The molecule has 2 aromatic carbocycles. The number of hydrogen-bond acceptors (Lipinski definition) is 5. The fourth-order valence-corrected chi connectivity index (χ4v) is 3.76. The van der Waals surface area contributed by atoms with Crippen LogP contribution in [0, 0.1) is 12.7 Å². The first-order chi connectivity index (χ1) is 18.1. The van der Waals surface area contributed by atoms with Crippen LogP contribution in [0.2, 0.25) is 0 Å². The Labute approximate surface area is 214 Å². The summed E-state index contributed by atoms with van der Waals surface area (Å²) < 4.78 is 97.6. The van der Waals surface area contributed by atoms with E-state index in [1.54, 1.807) is 0 Å². The highest BCUT2D eigenvalue weighted by Gasteiger charge is 2.39. The van der Waals surface area contributed by atoms with E-state index in [1.807, 2.05) is 0 Å². The Morgan fingerprint density at radius 1 is 1.05 bits per heavy atom. The molecule has 2 heterocycles. The first-order valence-electron chi connectivity index (χ1n) is 10.8. The Bertz CT molecular complexity index is 1600. The zero-order chi connectivity index (χ0) is 28.7. The van der Waals surface area contributed by atoms with Crippen LogP contribution < -0.4 is 15.8 Å². The maximum Gasteiger partial charge on any atom is 0.573 e. The number of nitrogens with zero attached hydrogens (tertiary/aromatic N) is 3. The number of carbonyl (C=O) groups excluding carboxylic acids is 2. The van der Waals surface area contributed by atoms with Crippen molar-refractivity contribution in [2.24, 2.45) is 5.73 Å². The second-order valence-corrected chi connectivity index (χ2v) is 8.19. The van der Waals surface area contributed by atoms with E-state index in [4.69, 9.17) is 5.73 Å². The molecule has 0 atom stereocenters. The van der Waals surface area contributed by atoms with Crippen LogP contribution in [-0.2, 0) is 12.7 Å². The lowest BCUT2D eigenvalue weighted by molar-refractivity contribution is -0.274. The molecule has 2 aromatic heterocycles. The van der Waals surface area contributed by atoms with Gasteiger partial charge >= 0.3 is 12.5 Å². The molecule has 15 heteroatoms. The lowest BCUT2D eigenvalue weighted by atomic mass is 10.1. The van der Waals surface area contributed by atoms with E-state index in [0.29, 0.717) is 0 Å². The van der Waals surface area contributed by atoms with Gasteiger partial charge in [0.2, 0.25) is 0 Å². The smallest absolute Gasteiger partial charge is 0.406 e. The predicted molar refractivity (Wildman–Crippen MR) is 122 cm³/mol. The number of aromatic nitrogens is 3. The average Bonchev–Trinajstić information content (AvgIpc) is 3.12. The van der Waals surface area contributed by atoms with Gasteiger partial charge < -0.3 is 15.8 Å². The highest BCUT2D eigenvalue weighted by Crippen LogP contribution is 2.37. The van der Waals surface area contributed by atoms with Crippen LogP contribution in [0.25, 0.3) is 10.9 Å². The van der Waals surface area contributed by atoms with Crippen molar-refractivity contribution in [2.45, 2.75) is 26.0 Å². The van der Waals surface area contributed by atoms with Gasteiger partial charge in [0, 0.05) is 11.5 Å². The van der Waals surface area contributed by atoms with Crippen molar-refractivity contribution in [3.05, 3.63) is 82.6 Å². The van der Waals surface area contributed by atoms with Gasteiger partial charge in [-0.1, -0.05) is 12.1 Å². The number of hydrogen-bond donors (Lipinski definition) is 2. The van der Waals surface area contributed by atoms with Crippen LogP contribution in [0.4, 0.5) is 36.4 Å². The fraction of sp³-hybridized carbons (Fsp3) is 0.167. The Morgan fingerprint density at radius 3 is 2.41 bits per heavy atom. The molecule has 2 amide bonds. The van der Waals surface area contributed by atoms with Gasteiger partial charge in [-0.3, -0.25) is 14.3 Å². The van der Waals surface area contributed by atoms with E-state index in [-0.39, 0.29) is 27.7 Å². The third-order valence-corrected chi connectivity index (χ3v) is 5.45. The Hall–Kier alpha value is -4.69. The number of benzene rings is 2. The summed E-state index contributed by atoms with van der Waals surface area (Å²) in [4.78, 5) is 28.7. The normalized spacial score (nSPS) is 12.0. The zero-order valence-corrected chi connectivity index (χ0v) is 19.6. The summed E-state index contributed by atoms with van der Waals surface area (Å²) in [5.74, 6) is -3.50. The van der Waals surface area contributed by atoms with Gasteiger partial charge in [0.15, 0.2) is 5.69 Å². The summed E-state index contributed by atoms with van der Waals surface area (Å²) in [5, 5.41) is 5.69. The summed E-state index contributed by atoms with van der Waals surface area (Å²) >= 11 is 0. The predicted octanol–water partition coefficient (Wildman–Crippen LogP) is 5.20. The molecule has 204 valence electrons. The van der Waals surface area contributed by atoms with Crippen molar-refractivity contribution in [2.75, 3.05) is 5.32 Å². The number of nitrogens with two attached hydrogens (primary N) is 1. The van der Waals surface area contributed by atoms with E-state index in [2.05, 4.69) is 20.1 Å². The lowest BCUT2D eigenvalue weighted by Crippen LogP contribution is -2.19. The molecule has 4 aromatic rings. The number of fused-ring (bicyclic) bond motifs is 1. The molecular formula is C24H16F7N5O3. The Morgan fingerprint density at radius 2 is 1.77 bits per heavy atom. The number of amides is 2. The van der Waals surface area contributed by atoms with E-state index in [1.165, 1.54) is 19.1 Å². The van der Waals surface area contributed by atoms with Gasteiger partial charge in [-0.05, 0) is 42.8 Å². The van der Waals surface area contributed by atoms with Crippen LogP contribution in [-0.4, -0.2) is 32.9 Å². The molecule has 0 aliphatic carbocycles. The van der Waals surface area contributed by atoms with E-state index in [9.17, 15) is 40.3 Å². The second-order valence-electron chi connectivity index (χ2n) is 8.19. The standard InChI is InChI=1S/C24H16F7N5O3/c1-11-19(34-22(38)16-9-18(21(32)37)33-17-8-13(25)5-6-15(16)17)20(23(26,27)28)35-36(11)10-12-3-2-4-14(7-12)39-24(29,30)31/h2-9H,10H2,1H3,(H2,32,37)(H,34,38). The minimum Gasteiger partial charge on any atom is -0.406 e. The molecule has 0 spiro atoms. The van der Waals surface area contributed by atoms with Crippen LogP contribution in [0.15, 0.2) is 48.5 Å². The van der Waals surface area contributed by atoms with Gasteiger partial charge in [-0.2, -0.15) is 18.3 Å². The van der Waals surface area contributed by atoms with Crippen molar-refractivity contribution in [1.82, 2.24) is 14.8 Å². The van der Waals surface area contributed by atoms with Crippen molar-refractivity contribution in [3.63, 3.8) is 0 Å². The summed E-state index contributed by atoms with van der Waals surface area (Å²) in [6.07, 6.45) is -10.0. The second kappa shape index (κ2) is 9.89. The maximum absolute atomic E-state index is 13.9. The first kappa shape index (κ1) is 27.3. The number of alkyl halides is 6. The number of ether oxygens (including phenoxy) is 1. The topological polar surface area (TPSA) is 112 Å². The number of rotatable bonds is 6. The maximum atomic E-state index is 13.9. The molecule has 0 radical (unpaired) electrons.